The van der Waals surface area contributed by atoms with Crippen molar-refractivity contribution in [3.63, 3.8) is 0 Å². The fraction of sp³-hybridized carbons (Fsp3) is 0.588. The van der Waals surface area contributed by atoms with E-state index in [4.69, 9.17) is 0 Å². The Labute approximate surface area is 131 Å². The van der Waals surface area contributed by atoms with Gasteiger partial charge in [-0.1, -0.05) is 52.0 Å². The number of carbonyl (C=O) groups is 1. The lowest BCUT2D eigenvalue weighted by molar-refractivity contribution is -0.117. The maximum Gasteiger partial charge on any atom is 0.151 e. The van der Waals surface area contributed by atoms with Gasteiger partial charge in [-0.25, -0.2) is 0 Å². The molecule has 1 fully saturated rings. The minimum atomic E-state index is 0.177. The summed E-state index contributed by atoms with van der Waals surface area (Å²) in [4.78, 5) is 12.4. The van der Waals surface area contributed by atoms with Crippen LogP contribution in [0.25, 0.3) is 0 Å². The van der Waals surface area contributed by atoms with E-state index in [1.165, 1.54) is 5.56 Å². The van der Waals surface area contributed by atoms with Gasteiger partial charge in [0.15, 0.2) is 5.78 Å². The molecule has 1 heterocycles. The predicted octanol–water partition coefficient (Wildman–Crippen LogP) is 4.55. The van der Waals surface area contributed by atoms with Gasteiger partial charge >= 0.3 is 0 Å². The van der Waals surface area contributed by atoms with E-state index in [0.717, 1.165) is 11.3 Å². The minimum Gasteiger partial charge on any atom is -0.298 e. The van der Waals surface area contributed by atoms with Crippen LogP contribution in [0.4, 0.5) is 0 Å². The highest BCUT2D eigenvalue weighted by Crippen LogP contribution is 2.36. The molecule has 0 N–H and O–H groups in total. The van der Waals surface area contributed by atoms with Crippen LogP contribution in [-0.2, 0) is 11.2 Å². The Morgan fingerprint density at radius 1 is 1.20 bits per heavy atom. The van der Waals surface area contributed by atoms with E-state index in [0.29, 0.717) is 28.6 Å². The Morgan fingerprint density at radius 3 is 2.40 bits per heavy atom. The Hall–Kier alpha value is -0.410. The van der Waals surface area contributed by atoms with Crippen LogP contribution in [-0.4, -0.2) is 27.3 Å². The standard InChI is InChI=1S/C17H24OS2/c1-11(2)15-7-5-14(6-8-15)9-16(18)17-10-19-12(3)13(4)20-17/h5-8,11-13,17H,9-10H2,1-4H3. The molecule has 3 atom stereocenters. The summed E-state index contributed by atoms with van der Waals surface area (Å²) in [5.41, 5.74) is 2.49. The average molecular weight is 309 g/mol. The third kappa shape index (κ3) is 4.05. The van der Waals surface area contributed by atoms with Crippen molar-refractivity contribution in [2.45, 2.75) is 55.8 Å². The molecule has 3 unspecified atom stereocenters. The SMILES string of the molecule is CC(C)c1ccc(CC(=O)C2CSC(C)C(C)S2)cc1. The normalized spacial score (nSPS) is 26.8. The Balaban J connectivity index is 1.94. The van der Waals surface area contributed by atoms with Crippen LogP contribution in [0.2, 0.25) is 0 Å². The van der Waals surface area contributed by atoms with Crippen LogP contribution < -0.4 is 0 Å². The number of Topliss-reactive ketones (excluding diaryl/α,β-unsaturated/α-hetero) is 1. The van der Waals surface area contributed by atoms with E-state index in [1.807, 2.05) is 23.5 Å². The first-order valence-corrected chi connectivity index (χ1v) is 9.35. The number of hydrogen-bond acceptors (Lipinski definition) is 3. The molecule has 1 saturated heterocycles. The molecule has 0 spiro atoms. The van der Waals surface area contributed by atoms with Crippen molar-refractivity contribution in [1.29, 1.82) is 0 Å². The quantitative estimate of drug-likeness (QED) is 0.812. The molecular formula is C17H24OS2. The minimum absolute atomic E-state index is 0.177. The van der Waals surface area contributed by atoms with Gasteiger partial charge in [-0.3, -0.25) is 4.79 Å². The molecule has 2 rings (SSSR count). The van der Waals surface area contributed by atoms with Gasteiger partial charge < -0.3 is 0 Å². The molecule has 1 nitrogen and oxygen atoms in total. The lowest BCUT2D eigenvalue weighted by Gasteiger charge is -2.30. The van der Waals surface area contributed by atoms with Crippen molar-refractivity contribution in [1.82, 2.24) is 0 Å². The average Bonchev–Trinajstić information content (AvgIpc) is 2.42. The van der Waals surface area contributed by atoms with Crippen molar-refractivity contribution >= 4 is 29.3 Å². The molecule has 0 saturated carbocycles. The van der Waals surface area contributed by atoms with Crippen LogP contribution in [0.1, 0.15) is 44.7 Å². The molecule has 1 aliphatic rings. The van der Waals surface area contributed by atoms with Crippen molar-refractivity contribution < 1.29 is 4.79 Å². The molecule has 110 valence electrons. The van der Waals surface area contributed by atoms with E-state index in [-0.39, 0.29) is 5.25 Å². The van der Waals surface area contributed by atoms with E-state index in [2.05, 4.69) is 52.0 Å². The topological polar surface area (TPSA) is 17.1 Å². The summed E-state index contributed by atoms with van der Waals surface area (Å²) in [7, 11) is 0. The summed E-state index contributed by atoms with van der Waals surface area (Å²) in [6.45, 7) is 8.88. The number of hydrogen-bond donors (Lipinski definition) is 0. The third-order valence-corrected chi connectivity index (χ3v) is 7.37. The first kappa shape index (κ1) is 16.0. The van der Waals surface area contributed by atoms with Gasteiger partial charge in [-0.05, 0) is 17.0 Å². The van der Waals surface area contributed by atoms with E-state index < -0.39 is 0 Å². The van der Waals surface area contributed by atoms with Gasteiger partial charge in [-0.15, -0.1) is 11.8 Å². The van der Waals surface area contributed by atoms with Crippen molar-refractivity contribution in [3.8, 4) is 0 Å². The Morgan fingerprint density at radius 2 is 1.85 bits per heavy atom. The van der Waals surface area contributed by atoms with Crippen LogP contribution in [0.3, 0.4) is 0 Å². The Kier molecular flexibility index (Phi) is 5.62. The number of benzene rings is 1. The van der Waals surface area contributed by atoms with Crippen LogP contribution in [0.15, 0.2) is 24.3 Å². The van der Waals surface area contributed by atoms with Crippen molar-refractivity contribution in [2.24, 2.45) is 0 Å². The summed E-state index contributed by atoms with van der Waals surface area (Å²) in [5, 5.41) is 1.41. The number of carbonyl (C=O) groups excluding carboxylic acids is 1. The third-order valence-electron chi connectivity index (χ3n) is 3.93. The van der Waals surface area contributed by atoms with Gasteiger partial charge in [0.05, 0.1) is 5.25 Å². The molecule has 1 aliphatic heterocycles. The molecule has 20 heavy (non-hydrogen) atoms. The number of rotatable bonds is 4. The van der Waals surface area contributed by atoms with Crippen LogP contribution >= 0.6 is 23.5 Å². The zero-order chi connectivity index (χ0) is 14.7. The highest BCUT2D eigenvalue weighted by atomic mass is 32.2. The lowest BCUT2D eigenvalue weighted by atomic mass is 9.99. The monoisotopic (exact) mass is 308 g/mol. The zero-order valence-corrected chi connectivity index (χ0v) is 14.4. The maximum absolute atomic E-state index is 12.4. The summed E-state index contributed by atoms with van der Waals surface area (Å²) in [5.74, 6) is 1.91. The first-order chi connectivity index (χ1) is 9.47. The van der Waals surface area contributed by atoms with E-state index in [9.17, 15) is 4.79 Å². The van der Waals surface area contributed by atoms with Crippen molar-refractivity contribution in [2.75, 3.05) is 5.75 Å². The summed E-state index contributed by atoms with van der Waals surface area (Å²) >= 11 is 3.80. The largest absolute Gasteiger partial charge is 0.298 e. The Bertz CT molecular complexity index is 453. The highest BCUT2D eigenvalue weighted by molar-refractivity contribution is 8.08. The molecule has 0 aromatic heterocycles. The molecule has 1 aromatic carbocycles. The second kappa shape index (κ2) is 7.04. The number of thioether (sulfide) groups is 2. The zero-order valence-electron chi connectivity index (χ0n) is 12.8. The molecule has 0 aliphatic carbocycles. The summed E-state index contributed by atoms with van der Waals surface area (Å²) in [6, 6.07) is 8.53. The highest BCUT2D eigenvalue weighted by Gasteiger charge is 2.29. The smallest absolute Gasteiger partial charge is 0.151 e. The maximum atomic E-state index is 12.4. The molecule has 0 bridgehead atoms. The molecule has 3 heteroatoms. The molecule has 0 amide bonds. The van der Waals surface area contributed by atoms with Crippen LogP contribution in [0.5, 0.6) is 0 Å². The lowest BCUT2D eigenvalue weighted by Crippen LogP contribution is -2.32. The summed E-state index contributed by atoms with van der Waals surface area (Å²) < 4.78 is 0. The molecule has 1 aromatic rings. The van der Waals surface area contributed by atoms with Crippen LogP contribution in [0, 0.1) is 0 Å². The predicted molar refractivity (Wildman–Crippen MR) is 92.0 cm³/mol. The first-order valence-electron chi connectivity index (χ1n) is 7.36. The molecular weight excluding hydrogens is 284 g/mol. The van der Waals surface area contributed by atoms with E-state index in [1.54, 1.807) is 0 Å². The molecule has 0 radical (unpaired) electrons. The van der Waals surface area contributed by atoms with Gasteiger partial charge in [-0.2, -0.15) is 11.8 Å². The fourth-order valence-corrected chi connectivity index (χ4v) is 5.18. The van der Waals surface area contributed by atoms with Gasteiger partial charge in [0.1, 0.15) is 0 Å². The van der Waals surface area contributed by atoms with E-state index >= 15 is 0 Å². The second-order valence-corrected chi connectivity index (χ2v) is 8.90. The van der Waals surface area contributed by atoms with Gasteiger partial charge in [0.2, 0.25) is 0 Å². The second-order valence-electron chi connectivity index (χ2n) is 5.91. The van der Waals surface area contributed by atoms with Gasteiger partial charge in [0, 0.05) is 22.7 Å². The van der Waals surface area contributed by atoms with Crippen molar-refractivity contribution in [3.05, 3.63) is 35.4 Å². The summed E-state index contributed by atoms with van der Waals surface area (Å²) in [6.07, 6.45) is 0.581. The number of ketones is 1. The fourth-order valence-electron chi connectivity index (χ4n) is 2.29. The van der Waals surface area contributed by atoms with Gasteiger partial charge in [0.25, 0.3) is 0 Å².